The van der Waals surface area contributed by atoms with Crippen LogP contribution in [0.1, 0.15) is 59.6 Å². The Bertz CT molecular complexity index is 823. The van der Waals surface area contributed by atoms with Crippen LogP contribution >= 0.6 is 0 Å². The summed E-state index contributed by atoms with van der Waals surface area (Å²) >= 11 is 0. The minimum atomic E-state index is 0.000391. The van der Waals surface area contributed by atoms with E-state index in [4.69, 9.17) is 0 Å². The van der Waals surface area contributed by atoms with Crippen molar-refractivity contribution in [2.75, 3.05) is 19.6 Å². The maximum atomic E-state index is 12.7. The molecule has 2 fully saturated rings. The molecule has 1 unspecified atom stereocenters. The first-order chi connectivity index (χ1) is 13.2. The molecule has 0 bridgehead atoms. The average Bonchev–Trinajstić information content (AvgIpc) is 3.49. The summed E-state index contributed by atoms with van der Waals surface area (Å²) in [5, 5.41) is 3.30. The van der Waals surface area contributed by atoms with Crippen LogP contribution in [-0.2, 0) is 5.41 Å². The lowest BCUT2D eigenvalue weighted by molar-refractivity contribution is 0.0924. The van der Waals surface area contributed by atoms with E-state index in [1.807, 2.05) is 0 Å². The molecule has 2 aromatic rings. The molecule has 1 aliphatic heterocycles. The number of amides is 1. The molecule has 27 heavy (non-hydrogen) atoms. The van der Waals surface area contributed by atoms with E-state index < -0.39 is 0 Å². The molecule has 1 N–H and O–H groups in total. The topological polar surface area (TPSA) is 45.2 Å². The number of nitrogens with one attached hydrogen (secondary N) is 1. The Hall–Kier alpha value is -2.20. The predicted octanol–water partition coefficient (Wildman–Crippen LogP) is 3.70. The fraction of sp³-hybridized carbons (Fsp3) is 0.478. The van der Waals surface area contributed by atoms with E-state index >= 15 is 0 Å². The van der Waals surface area contributed by atoms with Gasteiger partial charge in [0.2, 0.25) is 0 Å². The van der Waals surface area contributed by atoms with Crippen LogP contribution in [0.15, 0.2) is 48.8 Å². The van der Waals surface area contributed by atoms with Crippen LogP contribution < -0.4 is 5.32 Å². The van der Waals surface area contributed by atoms with Gasteiger partial charge in [-0.15, -0.1) is 0 Å². The average molecular weight is 361 g/mol. The highest BCUT2D eigenvalue weighted by Gasteiger charge is 2.46. The van der Waals surface area contributed by atoms with E-state index in [1.165, 1.54) is 56.4 Å². The zero-order valence-corrected chi connectivity index (χ0v) is 15.7. The molecular weight excluding hydrogens is 334 g/mol. The van der Waals surface area contributed by atoms with Gasteiger partial charge in [-0.2, -0.15) is 0 Å². The van der Waals surface area contributed by atoms with Gasteiger partial charge in [-0.1, -0.05) is 24.3 Å². The van der Waals surface area contributed by atoms with Gasteiger partial charge in [0.15, 0.2) is 0 Å². The lowest BCUT2D eigenvalue weighted by Gasteiger charge is -2.40. The van der Waals surface area contributed by atoms with Gasteiger partial charge < -0.3 is 10.2 Å². The number of rotatable bonds is 4. The Morgan fingerprint density at radius 1 is 1.11 bits per heavy atom. The number of aromatic nitrogens is 1. The molecule has 1 aromatic heterocycles. The van der Waals surface area contributed by atoms with Gasteiger partial charge in [0.1, 0.15) is 0 Å². The fourth-order valence-electron chi connectivity index (χ4n) is 5.07. The van der Waals surface area contributed by atoms with Crippen molar-refractivity contribution >= 4 is 5.91 Å². The van der Waals surface area contributed by atoms with Crippen molar-refractivity contribution < 1.29 is 4.79 Å². The van der Waals surface area contributed by atoms with Crippen LogP contribution in [-0.4, -0.2) is 35.4 Å². The Morgan fingerprint density at radius 3 is 2.59 bits per heavy atom. The molecule has 1 saturated carbocycles. The minimum Gasteiger partial charge on any atom is -0.345 e. The monoisotopic (exact) mass is 361 g/mol. The van der Waals surface area contributed by atoms with Crippen LogP contribution in [0, 0.1) is 5.92 Å². The largest absolute Gasteiger partial charge is 0.345 e. The summed E-state index contributed by atoms with van der Waals surface area (Å²) in [6.07, 6.45) is 9.64. The summed E-state index contributed by atoms with van der Waals surface area (Å²) in [4.78, 5) is 19.4. The summed E-state index contributed by atoms with van der Waals surface area (Å²) in [5.41, 5.74) is 3.70. The number of nitrogens with zero attached hydrogens (tertiary/aromatic N) is 2. The second-order valence-electron chi connectivity index (χ2n) is 8.58. The Morgan fingerprint density at radius 2 is 1.85 bits per heavy atom. The van der Waals surface area contributed by atoms with Gasteiger partial charge in [-0.05, 0) is 74.4 Å². The lowest BCUT2D eigenvalue weighted by atomic mass is 9.73. The lowest BCUT2D eigenvalue weighted by Crippen LogP contribution is -2.42. The van der Waals surface area contributed by atoms with Crippen LogP contribution in [0.3, 0.4) is 0 Å². The quantitative estimate of drug-likeness (QED) is 0.903. The van der Waals surface area contributed by atoms with Crippen molar-refractivity contribution in [2.24, 2.45) is 5.92 Å². The normalized spacial score (nSPS) is 23.9. The highest BCUT2D eigenvalue weighted by molar-refractivity contribution is 5.94. The minimum absolute atomic E-state index is 0.000391. The van der Waals surface area contributed by atoms with Gasteiger partial charge >= 0.3 is 0 Å². The maximum absolute atomic E-state index is 12.7. The predicted molar refractivity (Wildman–Crippen MR) is 106 cm³/mol. The number of carbonyl (C=O) groups is 1. The van der Waals surface area contributed by atoms with Gasteiger partial charge in [0, 0.05) is 29.9 Å². The van der Waals surface area contributed by atoms with E-state index in [9.17, 15) is 4.79 Å². The third-order valence-corrected chi connectivity index (χ3v) is 6.78. The summed E-state index contributed by atoms with van der Waals surface area (Å²) in [7, 11) is 0. The van der Waals surface area contributed by atoms with Crippen molar-refractivity contribution in [1.29, 1.82) is 0 Å². The molecule has 1 atom stereocenters. The molecule has 0 radical (unpaired) electrons. The first-order valence-corrected chi connectivity index (χ1v) is 10.3. The van der Waals surface area contributed by atoms with Crippen LogP contribution in [0.5, 0.6) is 0 Å². The molecule has 1 spiro atoms. The van der Waals surface area contributed by atoms with Gasteiger partial charge in [0.25, 0.3) is 5.91 Å². The second-order valence-corrected chi connectivity index (χ2v) is 8.58. The molecule has 2 heterocycles. The molecular formula is C23H27N3O. The highest BCUT2D eigenvalue weighted by atomic mass is 16.1. The number of fused-ring (bicyclic) bond motifs is 2. The number of carbonyl (C=O) groups excluding carboxylic acids is 1. The van der Waals surface area contributed by atoms with Crippen LogP contribution in [0.2, 0.25) is 0 Å². The van der Waals surface area contributed by atoms with Crippen molar-refractivity contribution in [3.63, 3.8) is 0 Å². The Labute approximate surface area is 161 Å². The van der Waals surface area contributed by atoms with Crippen LogP contribution in [0.4, 0.5) is 0 Å². The first kappa shape index (κ1) is 16.9. The summed E-state index contributed by atoms with van der Waals surface area (Å²) in [6.45, 7) is 3.67. The SMILES string of the molecule is O=C(NC1CC2(CCN(CC3CC3)CC2)c2ccccc21)c1ccncc1. The third-order valence-electron chi connectivity index (χ3n) is 6.78. The number of pyridine rings is 1. The first-order valence-electron chi connectivity index (χ1n) is 10.3. The number of piperidine rings is 1. The molecule has 1 amide bonds. The number of hydrogen-bond acceptors (Lipinski definition) is 3. The molecule has 1 aromatic carbocycles. The zero-order chi connectivity index (χ0) is 18.3. The summed E-state index contributed by atoms with van der Waals surface area (Å²) < 4.78 is 0. The molecule has 2 aliphatic carbocycles. The molecule has 3 aliphatic rings. The Balaban J connectivity index is 1.34. The van der Waals surface area contributed by atoms with Gasteiger partial charge in [0.05, 0.1) is 6.04 Å². The van der Waals surface area contributed by atoms with E-state index in [0.717, 1.165) is 12.3 Å². The maximum Gasteiger partial charge on any atom is 0.251 e. The van der Waals surface area contributed by atoms with Crippen LogP contribution in [0.25, 0.3) is 0 Å². The van der Waals surface area contributed by atoms with E-state index in [1.54, 1.807) is 24.5 Å². The van der Waals surface area contributed by atoms with Crippen molar-refractivity contribution in [2.45, 2.75) is 43.6 Å². The molecule has 4 heteroatoms. The number of hydrogen-bond donors (Lipinski definition) is 1. The second kappa shape index (κ2) is 6.75. The standard InChI is InChI=1S/C23H27N3O/c27-22(18-7-11-24-12-8-18)25-21-15-23(20-4-2-1-3-19(20)21)9-13-26(14-10-23)16-17-5-6-17/h1-4,7-8,11-12,17,21H,5-6,9-10,13-16H2,(H,25,27). The fourth-order valence-corrected chi connectivity index (χ4v) is 5.07. The van der Waals surface area contributed by atoms with Crippen molar-refractivity contribution in [1.82, 2.24) is 15.2 Å². The molecule has 4 nitrogen and oxygen atoms in total. The summed E-state index contributed by atoms with van der Waals surface area (Å²) in [6, 6.07) is 12.4. The van der Waals surface area contributed by atoms with E-state index in [-0.39, 0.29) is 17.4 Å². The zero-order valence-electron chi connectivity index (χ0n) is 15.7. The highest BCUT2D eigenvalue weighted by Crippen LogP contribution is 2.51. The number of benzene rings is 1. The smallest absolute Gasteiger partial charge is 0.251 e. The molecule has 1 saturated heterocycles. The van der Waals surface area contributed by atoms with Gasteiger partial charge in [-0.25, -0.2) is 0 Å². The molecule has 5 rings (SSSR count). The molecule has 140 valence electrons. The summed E-state index contributed by atoms with van der Waals surface area (Å²) in [5.74, 6) is 0.961. The third kappa shape index (κ3) is 3.27. The van der Waals surface area contributed by atoms with Crippen molar-refractivity contribution in [3.8, 4) is 0 Å². The van der Waals surface area contributed by atoms with E-state index in [0.29, 0.717) is 5.56 Å². The van der Waals surface area contributed by atoms with Gasteiger partial charge in [-0.3, -0.25) is 9.78 Å². The van der Waals surface area contributed by atoms with E-state index in [2.05, 4.69) is 39.5 Å². The Kier molecular flexibility index (Phi) is 4.24. The van der Waals surface area contributed by atoms with Crippen molar-refractivity contribution in [3.05, 3.63) is 65.5 Å². The number of likely N-dealkylation sites (tertiary alicyclic amines) is 1.